The van der Waals surface area contributed by atoms with E-state index in [9.17, 15) is 14.4 Å². The number of amides is 3. The summed E-state index contributed by atoms with van der Waals surface area (Å²) in [6.45, 7) is 2.39. The fraction of sp³-hybridized carbons (Fsp3) is 0.222. The molecule has 1 N–H and O–H groups in total. The third kappa shape index (κ3) is 4.14. The van der Waals surface area contributed by atoms with Crippen molar-refractivity contribution in [1.82, 2.24) is 10.4 Å². The lowest BCUT2D eigenvalue weighted by atomic mass is 9.90. The highest BCUT2D eigenvalue weighted by atomic mass is 79.9. The normalized spacial score (nSPS) is 21.0. The molecule has 0 unspecified atom stereocenters. The number of hydrogen-bond donors (Lipinski definition) is 1. The average Bonchev–Trinajstić information content (AvgIpc) is 3.41. The predicted octanol–water partition coefficient (Wildman–Crippen LogP) is 4.12. The van der Waals surface area contributed by atoms with Crippen molar-refractivity contribution in [2.45, 2.75) is 19.0 Å². The van der Waals surface area contributed by atoms with Crippen LogP contribution in [0.25, 0.3) is 0 Å². The second-order valence-electron chi connectivity index (χ2n) is 8.48. The van der Waals surface area contributed by atoms with Crippen molar-refractivity contribution >= 4 is 39.3 Å². The third-order valence-electron chi connectivity index (χ3n) is 6.38. The number of ether oxygens (including phenoxy) is 2. The molecule has 0 spiro atoms. The first kappa shape index (κ1) is 24.0. The van der Waals surface area contributed by atoms with E-state index in [2.05, 4.69) is 21.4 Å². The van der Waals surface area contributed by atoms with Crippen LogP contribution in [0.3, 0.4) is 0 Å². The van der Waals surface area contributed by atoms with Crippen molar-refractivity contribution in [2.75, 3.05) is 18.6 Å². The van der Waals surface area contributed by atoms with Gasteiger partial charge in [-0.1, -0.05) is 34.1 Å². The van der Waals surface area contributed by atoms with Gasteiger partial charge in [-0.05, 0) is 67.1 Å². The van der Waals surface area contributed by atoms with Gasteiger partial charge in [0.15, 0.2) is 0 Å². The number of methoxy groups -OCH3 is 1. The summed E-state index contributed by atoms with van der Waals surface area (Å²) in [5.41, 5.74) is 4.72. The summed E-state index contributed by atoms with van der Waals surface area (Å²) in [5, 5.41) is 1.30. The van der Waals surface area contributed by atoms with Crippen LogP contribution in [-0.2, 0) is 9.59 Å². The molecule has 184 valence electrons. The first-order chi connectivity index (χ1) is 17.4. The van der Waals surface area contributed by atoms with Crippen molar-refractivity contribution < 1.29 is 23.9 Å². The summed E-state index contributed by atoms with van der Waals surface area (Å²) < 4.78 is 11.6. The Hall–Kier alpha value is -3.69. The van der Waals surface area contributed by atoms with Crippen molar-refractivity contribution in [3.05, 3.63) is 88.4 Å². The molecule has 8 nitrogen and oxygen atoms in total. The van der Waals surface area contributed by atoms with E-state index in [1.165, 1.54) is 9.91 Å². The van der Waals surface area contributed by atoms with E-state index in [4.69, 9.17) is 9.47 Å². The third-order valence-corrected chi connectivity index (χ3v) is 6.88. The van der Waals surface area contributed by atoms with E-state index in [1.807, 2.05) is 25.1 Å². The van der Waals surface area contributed by atoms with Crippen molar-refractivity contribution in [1.29, 1.82) is 0 Å². The lowest BCUT2D eigenvalue weighted by Crippen LogP contribution is -2.48. The van der Waals surface area contributed by atoms with E-state index < -0.39 is 29.8 Å². The van der Waals surface area contributed by atoms with Gasteiger partial charge >= 0.3 is 0 Å². The number of hydrazine groups is 1. The highest BCUT2D eigenvalue weighted by Gasteiger charge is 2.60. The van der Waals surface area contributed by atoms with Crippen LogP contribution < -0.4 is 19.8 Å². The number of carbonyl (C=O) groups excluding carboxylic acids is 3. The summed E-state index contributed by atoms with van der Waals surface area (Å²) in [6, 6.07) is 19.4. The predicted molar refractivity (Wildman–Crippen MR) is 137 cm³/mol. The van der Waals surface area contributed by atoms with E-state index in [1.54, 1.807) is 61.7 Å². The highest BCUT2D eigenvalue weighted by molar-refractivity contribution is 9.10. The Balaban J connectivity index is 1.55. The monoisotopic (exact) mass is 549 g/mol. The Morgan fingerprint density at radius 2 is 1.72 bits per heavy atom. The number of benzene rings is 3. The molecule has 2 aliphatic heterocycles. The molecule has 0 saturated carbocycles. The lowest BCUT2D eigenvalue weighted by molar-refractivity contribution is -0.123. The van der Waals surface area contributed by atoms with Gasteiger partial charge in [0.25, 0.3) is 11.8 Å². The first-order valence-electron chi connectivity index (χ1n) is 11.5. The molecule has 2 saturated heterocycles. The van der Waals surface area contributed by atoms with Gasteiger partial charge in [0.05, 0.1) is 31.4 Å². The molecular weight excluding hydrogens is 526 g/mol. The highest BCUT2D eigenvalue weighted by Crippen LogP contribution is 2.43. The zero-order valence-corrected chi connectivity index (χ0v) is 21.3. The molecule has 3 aromatic carbocycles. The number of imide groups is 1. The number of fused-ring (bicyclic) bond motifs is 1. The summed E-state index contributed by atoms with van der Waals surface area (Å²) in [6.07, 6.45) is 0. The minimum atomic E-state index is -1.01. The Bertz CT molecular complexity index is 1330. The lowest BCUT2D eigenvalue weighted by Gasteiger charge is -2.25. The standard InChI is InChI=1S/C27H24BrN3O5/c1-3-36-20-12-10-19(11-13-20)30-26(33)22-23(16-6-5-9-21(15-16)35-2)29-31(24(22)27(30)34)25(32)17-7-4-8-18(28)14-17/h4-15,22-24,29H,3H2,1-2H3/t22-,23-,24+/m1/s1. The van der Waals surface area contributed by atoms with Gasteiger partial charge in [-0.2, -0.15) is 0 Å². The second kappa shape index (κ2) is 9.75. The number of carbonyl (C=O) groups is 3. The molecule has 9 heteroatoms. The van der Waals surface area contributed by atoms with Crippen LogP contribution in [0.4, 0.5) is 5.69 Å². The van der Waals surface area contributed by atoms with Gasteiger partial charge < -0.3 is 9.47 Å². The molecule has 3 amide bonds. The molecule has 5 rings (SSSR count). The minimum absolute atomic E-state index is 0.376. The zero-order valence-electron chi connectivity index (χ0n) is 19.7. The Labute approximate surface area is 216 Å². The fourth-order valence-corrected chi connectivity index (χ4v) is 5.16. The second-order valence-corrected chi connectivity index (χ2v) is 9.39. The molecule has 0 bridgehead atoms. The SMILES string of the molecule is CCOc1ccc(N2C(=O)[C@@H]3[C@@H](c4cccc(OC)c4)NN(C(=O)c4cccc(Br)c4)[C@@H]3C2=O)cc1. The van der Waals surface area contributed by atoms with E-state index in [-0.39, 0.29) is 5.91 Å². The molecule has 0 aromatic heterocycles. The van der Waals surface area contributed by atoms with Gasteiger partial charge in [0, 0.05) is 10.0 Å². The van der Waals surface area contributed by atoms with Crippen LogP contribution in [0.5, 0.6) is 11.5 Å². The van der Waals surface area contributed by atoms with Crippen LogP contribution >= 0.6 is 15.9 Å². The van der Waals surface area contributed by atoms with Gasteiger partial charge in [-0.25, -0.2) is 10.3 Å². The van der Waals surface area contributed by atoms with Crippen LogP contribution in [-0.4, -0.2) is 42.5 Å². The van der Waals surface area contributed by atoms with E-state index >= 15 is 0 Å². The van der Waals surface area contributed by atoms with Gasteiger partial charge in [0.2, 0.25) is 5.91 Å². The molecule has 3 aromatic rings. The minimum Gasteiger partial charge on any atom is -0.497 e. The summed E-state index contributed by atoms with van der Waals surface area (Å²) in [4.78, 5) is 42.2. The van der Waals surface area contributed by atoms with Gasteiger partial charge in [0.1, 0.15) is 17.5 Å². The Morgan fingerprint density at radius 3 is 2.42 bits per heavy atom. The fourth-order valence-electron chi connectivity index (χ4n) is 4.76. The van der Waals surface area contributed by atoms with Gasteiger partial charge in [-0.3, -0.25) is 19.4 Å². The molecule has 3 atom stereocenters. The number of nitrogens with one attached hydrogen (secondary N) is 1. The van der Waals surface area contributed by atoms with Crippen molar-refractivity contribution in [3.63, 3.8) is 0 Å². The number of hydrogen-bond acceptors (Lipinski definition) is 6. The van der Waals surface area contributed by atoms with Gasteiger partial charge in [-0.15, -0.1) is 0 Å². The van der Waals surface area contributed by atoms with Crippen LogP contribution in [0, 0.1) is 5.92 Å². The molecule has 2 aliphatic rings. The van der Waals surface area contributed by atoms with Crippen LogP contribution in [0.1, 0.15) is 28.9 Å². The maximum Gasteiger partial charge on any atom is 0.268 e. The number of nitrogens with zero attached hydrogens (tertiary/aromatic N) is 2. The summed E-state index contributed by atoms with van der Waals surface area (Å²) in [7, 11) is 1.56. The number of rotatable bonds is 6. The zero-order chi connectivity index (χ0) is 25.4. The molecule has 36 heavy (non-hydrogen) atoms. The van der Waals surface area contributed by atoms with E-state index in [0.29, 0.717) is 29.4 Å². The average molecular weight is 550 g/mol. The van der Waals surface area contributed by atoms with Crippen LogP contribution in [0.2, 0.25) is 0 Å². The molecule has 2 heterocycles. The van der Waals surface area contributed by atoms with Crippen LogP contribution in [0.15, 0.2) is 77.3 Å². The van der Waals surface area contributed by atoms with Crippen molar-refractivity contribution in [2.24, 2.45) is 5.92 Å². The Morgan fingerprint density at radius 1 is 0.972 bits per heavy atom. The first-order valence-corrected chi connectivity index (χ1v) is 12.3. The molecule has 0 aliphatic carbocycles. The maximum absolute atomic E-state index is 13.8. The smallest absolute Gasteiger partial charge is 0.268 e. The molecule has 2 fully saturated rings. The largest absolute Gasteiger partial charge is 0.497 e. The number of anilines is 1. The Kier molecular flexibility index (Phi) is 6.51. The summed E-state index contributed by atoms with van der Waals surface area (Å²) in [5.74, 6) is -0.793. The molecular formula is C27H24BrN3O5. The quantitative estimate of drug-likeness (QED) is 0.465. The topological polar surface area (TPSA) is 88.2 Å². The summed E-state index contributed by atoms with van der Waals surface area (Å²) >= 11 is 3.39. The van der Waals surface area contributed by atoms with E-state index in [0.717, 1.165) is 10.0 Å². The number of halogens is 1. The maximum atomic E-state index is 13.8. The van der Waals surface area contributed by atoms with Crippen molar-refractivity contribution in [3.8, 4) is 11.5 Å². The molecule has 0 radical (unpaired) electrons.